The number of fused-ring (bicyclic) bond motifs is 1. The number of carbonyl (C=O) groups excluding carboxylic acids is 2. The van der Waals surface area contributed by atoms with Gasteiger partial charge in [0.05, 0.1) is 18.4 Å². The van der Waals surface area contributed by atoms with E-state index in [1.165, 1.54) is 0 Å². The van der Waals surface area contributed by atoms with Gasteiger partial charge in [-0.15, -0.1) is 0 Å². The molecule has 4 nitrogen and oxygen atoms in total. The van der Waals surface area contributed by atoms with Gasteiger partial charge in [-0.3, -0.25) is 9.59 Å². The molecule has 0 radical (unpaired) electrons. The molecule has 2 atom stereocenters. The van der Waals surface area contributed by atoms with Gasteiger partial charge in [-0.25, -0.2) is 0 Å². The van der Waals surface area contributed by atoms with E-state index >= 15 is 0 Å². The van der Waals surface area contributed by atoms with Crippen LogP contribution in [-0.2, 0) is 27.2 Å². The maximum absolute atomic E-state index is 12.4. The summed E-state index contributed by atoms with van der Waals surface area (Å²) in [7, 11) is 0. The second-order valence-electron chi connectivity index (χ2n) is 7.81. The fourth-order valence-corrected chi connectivity index (χ4v) is 4.45. The van der Waals surface area contributed by atoms with E-state index in [4.69, 9.17) is 16.3 Å². The Hall–Kier alpha value is -2.59. The molecular weight excluding hydrogens is 374 g/mol. The van der Waals surface area contributed by atoms with E-state index in [1.807, 2.05) is 36.4 Å². The third kappa shape index (κ3) is 3.69. The number of esters is 1. The van der Waals surface area contributed by atoms with Gasteiger partial charge in [0.2, 0.25) is 5.91 Å². The first-order chi connectivity index (χ1) is 13.4. The Morgan fingerprint density at radius 3 is 2.54 bits per heavy atom. The first-order valence-electron chi connectivity index (χ1n) is 9.42. The topological polar surface area (TPSA) is 55.4 Å². The van der Waals surface area contributed by atoms with Gasteiger partial charge in [-0.05, 0) is 54.7 Å². The van der Waals surface area contributed by atoms with Gasteiger partial charge in [0.15, 0.2) is 0 Å². The highest BCUT2D eigenvalue weighted by atomic mass is 35.5. The van der Waals surface area contributed by atoms with Crippen LogP contribution in [0, 0.1) is 11.3 Å². The molecule has 1 N–H and O–H groups in total. The number of cyclic esters (lactones) is 1. The SMILES string of the molecule is C=C1CC2COC(=O)C2(Cc2ccc(NC(=O)Cc3ccc(Cl)cc3)cc2)C1. The molecule has 1 amide bonds. The average Bonchev–Trinajstić information content (AvgIpc) is 3.13. The highest BCUT2D eigenvalue weighted by Crippen LogP contribution is 2.52. The molecule has 2 aliphatic rings. The number of ether oxygens (including phenoxy) is 1. The van der Waals surface area contributed by atoms with Crippen LogP contribution >= 0.6 is 11.6 Å². The highest BCUT2D eigenvalue weighted by Gasteiger charge is 2.55. The Morgan fingerprint density at radius 2 is 1.82 bits per heavy atom. The van der Waals surface area contributed by atoms with Crippen LogP contribution in [0.15, 0.2) is 60.7 Å². The average molecular weight is 396 g/mol. The Kier molecular flexibility index (Phi) is 4.98. The summed E-state index contributed by atoms with van der Waals surface area (Å²) in [6.07, 6.45) is 2.51. The highest BCUT2D eigenvalue weighted by molar-refractivity contribution is 6.30. The molecule has 2 fully saturated rings. The molecule has 0 bridgehead atoms. The summed E-state index contributed by atoms with van der Waals surface area (Å²) in [6.45, 7) is 4.58. The van der Waals surface area contributed by atoms with Crippen LogP contribution in [0.4, 0.5) is 5.69 Å². The van der Waals surface area contributed by atoms with Gasteiger partial charge >= 0.3 is 5.97 Å². The number of allylic oxidation sites excluding steroid dienone is 1. The molecule has 1 saturated carbocycles. The molecule has 0 spiro atoms. The molecule has 28 heavy (non-hydrogen) atoms. The van der Waals surface area contributed by atoms with Crippen LogP contribution in [0.1, 0.15) is 24.0 Å². The molecular formula is C23H22ClNO3. The molecule has 1 heterocycles. The van der Waals surface area contributed by atoms with Gasteiger partial charge in [-0.1, -0.05) is 48.0 Å². The summed E-state index contributed by atoms with van der Waals surface area (Å²) in [5, 5.41) is 3.56. The van der Waals surface area contributed by atoms with Crippen LogP contribution < -0.4 is 5.32 Å². The van der Waals surface area contributed by atoms with Crippen molar-refractivity contribution < 1.29 is 14.3 Å². The van der Waals surface area contributed by atoms with Crippen molar-refractivity contribution in [3.63, 3.8) is 0 Å². The van der Waals surface area contributed by atoms with Crippen molar-refractivity contribution >= 4 is 29.2 Å². The molecule has 1 aliphatic heterocycles. The van der Waals surface area contributed by atoms with E-state index in [1.54, 1.807) is 12.1 Å². The summed E-state index contributed by atoms with van der Waals surface area (Å²) in [6, 6.07) is 14.9. The number of amides is 1. The first kappa shape index (κ1) is 18.8. The van der Waals surface area contributed by atoms with E-state index in [9.17, 15) is 9.59 Å². The van der Waals surface area contributed by atoms with E-state index < -0.39 is 5.41 Å². The minimum absolute atomic E-state index is 0.0832. The van der Waals surface area contributed by atoms with E-state index in [0.717, 1.165) is 28.8 Å². The van der Waals surface area contributed by atoms with Crippen molar-refractivity contribution in [2.24, 2.45) is 11.3 Å². The Morgan fingerprint density at radius 1 is 1.14 bits per heavy atom. The largest absolute Gasteiger partial charge is 0.465 e. The number of anilines is 1. The van der Waals surface area contributed by atoms with Crippen molar-refractivity contribution in [2.45, 2.75) is 25.7 Å². The predicted octanol–water partition coefficient (Wildman–Crippen LogP) is 4.57. The molecule has 2 aromatic carbocycles. The molecule has 5 heteroatoms. The Labute approximate surface area is 169 Å². The summed E-state index contributed by atoms with van der Waals surface area (Å²) < 4.78 is 5.34. The van der Waals surface area contributed by atoms with Crippen LogP contribution in [0.25, 0.3) is 0 Å². The summed E-state index contributed by atoms with van der Waals surface area (Å²) in [5.74, 6) is 0.0444. The molecule has 2 aromatic rings. The predicted molar refractivity (Wildman–Crippen MR) is 109 cm³/mol. The number of halogens is 1. The fourth-order valence-electron chi connectivity index (χ4n) is 4.33. The summed E-state index contributed by atoms with van der Waals surface area (Å²) in [4.78, 5) is 24.6. The minimum Gasteiger partial charge on any atom is -0.465 e. The Bertz CT molecular complexity index is 920. The number of hydrogen-bond acceptors (Lipinski definition) is 3. The summed E-state index contributed by atoms with van der Waals surface area (Å²) >= 11 is 5.87. The number of carbonyl (C=O) groups is 2. The molecule has 144 valence electrons. The third-order valence-corrected chi connectivity index (χ3v) is 5.99. The van der Waals surface area contributed by atoms with Gasteiger partial charge in [0.25, 0.3) is 0 Å². The molecule has 2 unspecified atom stereocenters. The number of benzene rings is 2. The summed E-state index contributed by atoms with van der Waals surface area (Å²) in [5.41, 5.74) is 3.38. The number of nitrogens with one attached hydrogen (secondary N) is 1. The lowest BCUT2D eigenvalue weighted by molar-refractivity contribution is -0.146. The van der Waals surface area contributed by atoms with Crippen molar-refractivity contribution in [3.8, 4) is 0 Å². The van der Waals surface area contributed by atoms with E-state index in [-0.39, 0.29) is 24.2 Å². The lowest BCUT2D eigenvalue weighted by Gasteiger charge is -2.24. The quantitative estimate of drug-likeness (QED) is 0.595. The maximum Gasteiger partial charge on any atom is 0.313 e. The second-order valence-corrected chi connectivity index (χ2v) is 8.24. The molecule has 4 rings (SSSR count). The third-order valence-electron chi connectivity index (χ3n) is 5.74. The van der Waals surface area contributed by atoms with Gasteiger partial charge < -0.3 is 10.1 Å². The standard InChI is InChI=1S/C23H22ClNO3/c1-15-10-18-14-28-22(27)23(18,12-15)13-17-4-8-20(9-5-17)25-21(26)11-16-2-6-19(24)7-3-16/h2-9,18H,1,10-14H2,(H,25,26). The normalized spacial score (nSPS) is 23.4. The second kappa shape index (κ2) is 7.44. The monoisotopic (exact) mass is 395 g/mol. The fraction of sp³-hybridized carbons (Fsp3) is 0.304. The van der Waals surface area contributed by atoms with Crippen LogP contribution in [0.2, 0.25) is 5.02 Å². The van der Waals surface area contributed by atoms with Crippen LogP contribution in [0.5, 0.6) is 0 Å². The van der Waals surface area contributed by atoms with Crippen molar-refractivity contribution in [1.82, 2.24) is 0 Å². The van der Waals surface area contributed by atoms with E-state index in [0.29, 0.717) is 24.5 Å². The van der Waals surface area contributed by atoms with Crippen LogP contribution in [-0.4, -0.2) is 18.5 Å². The smallest absolute Gasteiger partial charge is 0.313 e. The zero-order chi connectivity index (χ0) is 19.7. The minimum atomic E-state index is -0.462. The Balaban J connectivity index is 1.40. The zero-order valence-electron chi connectivity index (χ0n) is 15.5. The number of rotatable bonds is 5. The number of hydrogen-bond donors (Lipinski definition) is 1. The molecule has 1 aliphatic carbocycles. The van der Waals surface area contributed by atoms with Crippen molar-refractivity contribution in [1.29, 1.82) is 0 Å². The van der Waals surface area contributed by atoms with Gasteiger partial charge in [0.1, 0.15) is 0 Å². The first-order valence-corrected chi connectivity index (χ1v) is 9.79. The van der Waals surface area contributed by atoms with Crippen LogP contribution in [0.3, 0.4) is 0 Å². The van der Waals surface area contributed by atoms with E-state index in [2.05, 4.69) is 11.9 Å². The van der Waals surface area contributed by atoms with Crippen molar-refractivity contribution in [3.05, 3.63) is 76.8 Å². The molecule has 0 aromatic heterocycles. The maximum atomic E-state index is 12.4. The lowest BCUT2D eigenvalue weighted by atomic mass is 9.75. The van der Waals surface area contributed by atoms with Gasteiger partial charge in [0, 0.05) is 16.6 Å². The van der Waals surface area contributed by atoms with Gasteiger partial charge in [-0.2, -0.15) is 0 Å². The zero-order valence-corrected chi connectivity index (χ0v) is 16.3. The van der Waals surface area contributed by atoms with Crippen molar-refractivity contribution in [2.75, 3.05) is 11.9 Å². The lowest BCUT2D eigenvalue weighted by Crippen LogP contribution is -2.31. The molecule has 1 saturated heterocycles.